The van der Waals surface area contributed by atoms with Crippen LogP contribution in [0.25, 0.3) is 0 Å². The Balaban J connectivity index is 2.81. The van der Waals surface area contributed by atoms with E-state index in [9.17, 15) is 14.0 Å². The Morgan fingerprint density at radius 2 is 2.10 bits per heavy atom. The fraction of sp³-hybridized carbons (Fsp3) is 0.231. The number of benzene rings is 1. The van der Waals surface area contributed by atoms with Crippen molar-refractivity contribution in [2.24, 2.45) is 0 Å². The van der Waals surface area contributed by atoms with Crippen LogP contribution in [0, 0.1) is 18.2 Å². The first-order valence-electron chi connectivity index (χ1n) is 5.51. The molecule has 0 atom stereocenters. The number of halogens is 3. The molecular formula is C13H11Cl2FN2O2. The maximum Gasteiger partial charge on any atom is 0.313 e. The first-order chi connectivity index (χ1) is 9.36. The summed E-state index contributed by atoms with van der Waals surface area (Å²) in [4.78, 5) is 24.5. The van der Waals surface area contributed by atoms with E-state index in [1.54, 1.807) is 0 Å². The van der Waals surface area contributed by atoms with E-state index in [4.69, 9.17) is 29.6 Å². The number of hydrogen-bond donors (Lipinski definition) is 1. The van der Waals surface area contributed by atoms with Gasteiger partial charge in [-0.2, -0.15) is 0 Å². The largest absolute Gasteiger partial charge is 0.337 e. The summed E-state index contributed by atoms with van der Waals surface area (Å²) in [6, 6.07) is 2.35. The van der Waals surface area contributed by atoms with Gasteiger partial charge in [0.05, 0.1) is 10.7 Å². The molecule has 0 radical (unpaired) electrons. The minimum atomic E-state index is -0.998. The van der Waals surface area contributed by atoms with Crippen LogP contribution >= 0.6 is 23.2 Å². The van der Waals surface area contributed by atoms with Gasteiger partial charge < -0.3 is 10.2 Å². The third-order valence-electron chi connectivity index (χ3n) is 2.37. The van der Waals surface area contributed by atoms with Gasteiger partial charge in [-0.3, -0.25) is 9.59 Å². The number of carbonyl (C=O) groups is 2. The number of likely N-dealkylation sites (N-methyl/N-ethyl adjacent to an activating group) is 1. The molecule has 0 aliphatic rings. The Bertz CT molecular complexity index is 584. The van der Waals surface area contributed by atoms with Gasteiger partial charge >= 0.3 is 11.8 Å². The number of hydrogen-bond acceptors (Lipinski definition) is 2. The number of rotatable bonds is 3. The van der Waals surface area contributed by atoms with Gasteiger partial charge in [0.25, 0.3) is 0 Å². The minimum Gasteiger partial charge on any atom is -0.337 e. The minimum absolute atomic E-state index is 0.139. The third-order valence-corrected chi connectivity index (χ3v) is 2.87. The molecule has 0 bridgehead atoms. The van der Waals surface area contributed by atoms with Gasteiger partial charge in [0.1, 0.15) is 0 Å². The normalized spacial score (nSPS) is 9.75. The quantitative estimate of drug-likeness (QED) is 0.529. The number of carbonyl (C=O) groups excluding carboxylic acids is 2. The summed E-state index contributed by atoms with van der Waals surface area (Å²) in [5, 5.41) is 2.01. The van der Waals surface area contributed by atoms with Crippen LogP contribution in [0.5, 0.6) is 0 Å². The second-order valence-electron chi connectivity index (χ2n) is 3.88. The topological polar surface area (TPSA) is 49.4 Å². The predicted molar refractivity (Wildman–Crippen MR) is 76.1 cm³/mol. The van der Waals surface area contributed by atoms with Crippen LogP contribution in [0.4, 0.5) is 10.1 Å². The van der Waals surface area contributed by atoms with Crippen LogP contribution in [0.2, 0.25) is 10.0 Å². The average molecular weight is 317 g/mol. The summed E-state index contributed by atoms with van der Waals surface area (Å²) < 4.78 is 13.7. The molecule has 7 heteroatoms. The Morgan fingerprint density at radius 3 is 2.70 bits per heavy atom. The molecule has 2 amide bonds. The lowest BCUT2D eigenvalue weighted by Crippen LogP contribution is -2.37. The summed E-state index contributed by atoms with van der Waals surface area (Å²) in [5.74, 6) is -0.348. The zero-order valence-electron chi connectivity index (χ0n) is 10.5. The molecule has 0 unspecified atom stereocenters. The molecule has 106 valence electrons. The Labute approximate surface area is 125 Å². The Hall–Kier alpha value is -1.77. The van der Waals surface area contributed by atoms with Crippen LogP contribution in [0.3, 0.4) is 0 Å². The van der Waals surface area contributed by atoms with Gasteiger partial charge in [-0.25, -0.2) is 4.39 Å². The van der Waals surface area contributed by atoms with E-state index in [2.05, 4.69) is 11.2 Å². The second-order valence-corrected chi connectivity index (χ2v) is 4.73. The Morgan fingerprint density at radius 1 is 1.45 bits per heavy atom. The fourth-order valence-corrected chi connectivity index (χ4v) is 1.82. The lowest BCUT2D eigenvalue weighted by molar-refractivity contribution is -0.142. The van der Waals surface area contributed by atoms with Gasteiger partial charge in [-0.1, -0.05) is 23.2 Å². The molecule has 0 saturated heterocycles. The average Bonchev–Trinajstić information content (AvgIpc) is 2.40. The SMILES string of the molecule is C#CCCN(C)C(=O)C(=O)Nc1cc(Cl)cc(Cl)c1F. The van der Waals surface area contributed by atoms with E-state index >= 15 is 0 Å². The van der Waals surface area contributed by atoms with E-state index in [0.717, 1.165) is 11.0 Å². The van der Waals surface area contributed by atoms with E-state index in [-0.39, 0.29) is 22.3 Å². The van der Waals surface area contributed by atoms with Crippen LogP contribution in [0.1, 0.15) is 6.42 Å². The molecule has 1 aromatic rings. The Kier molecular flexibility index (Phi) is 5.81. The summed E-state index contributed by atoms with van der Waals surface area (Å²) in [6.07, 6.45) is 5.37. The van der Waals surface area contributed by atoms with Gasteiger partial charge in [-0.15, -0.1) is 12.3 Å². The highest BCUT2D eigenvalue weighted by Gasteiger charge is 2.20. The van der Waals surface area contributed by atoms with Crippen molar-refractivity contribution in [3.8, 4) is 12.3 Å². The van der Waals surface area contributed by atoms with Crippen molar-refractivity contribution < 1.29 is 14.0 Å². The molecule has 1 rings (SSSR count). The summed E-state index contributed by atoms with van der Waals surface area (Å²) in [7, 11) is 1.42. The van der Waals surface area contributed by atoms with Gasteiger partial charge in [0.15, 0.2) is 5.82 Å². The van der Waals surface area contributed by atoms with Gasteiger partial charge in [0, 0.05) is 25.0 Å². The van der Waals surface area contributed by atoms with Crippen molar-refractivity contribution in [1.29, 1.82) is 0 Å². The number of amides is 2. The number of anilines is 1. The lowest BCUT2D eigenvalue weighted by atomic mass is 10.3. The van der Waals surface area contributed by atoms with Crippen molar-refractivity contribution in [3.05, 3.63) is 28.0 Å². The van der Waals surface area contributed by atoms with E-state index in [1.807, 2.05) is 0 Å². The van der Waals surface area contributed by atoms with Crippen molar-refractivity contribution in [2.45, 2.75) is 6.42 Å². The third kappa shape index (κ3) is 4.12. The van der Waals surface area contributed by atoms with Crippen LogP contribution in [-0.2, 0) is 9.59 Å². The number of nitrogens with one attached hydrogen (secondary N) is 1. The first kappa shape index (κ1) is 16.3. The predicted octanol–water partition coefficient (Wildman–Crippen LogP) is 2.55. The van der Waals surface area contributed by atoms with Crippen molar-refractivity contribution in [3.63, 3.8) is 0 Å². The van der Waals surface area contributed by atoms with E-state index in [1.165, 1.54) is 13.1 Å². The standard InChI is InChI=1S/C13H11Cl2FN2O2/c1-3-4-5-18(2)13(20)12(19)17-10-7-8(14)6-9(15)11(10)16/h1,6-7H,4-5H2,2H3,(H,17,19). The van der Waals surface area contributed by atoms with Gasteiger partial charge in [0.2, 0.25) is 0 Å². The molecule has 4 nitrogen and oxygen atoms in total. The van der Waals surface area contributed by atoms with Crippen molar-refractivity contribution >= 4 is 40.7 Å². The second kappa shape index (κ2) is 7.13. The molecular weight excluding hydrogens is 306 g/mol. The molecule has 0 saturated carbocycles. The van der Waals surface area contributed by atoms with Gasteiger partial charge in [-0.05, 0) is 12.1 Å². The highest BCUT2D eigenvalue weighted by atomic mass is 35.5. The molecule has 0 aliphatic carbocycles. The van der Waals surface area contributed by atoms with Crippen molar-refractivity contribution in [1.82, 2.24) is 4.90 Å². The highest BCUT2D eigenvalue weighted by molar-refractivity contribution is 6.40. The number of terminal acetylenes is 1. The maximum absolute atomic E-state index is 13.7. The van der Waals surface area contributed by atoms with Crippen LogP contribution in [0.15, 0.2) is 12.1 Å². The molecule has 0 heterocycles. The zero-order chi connectivity index (χ0) is 15.3. The zero-order valence-corrected chi connectivity index (χ0v) is 12.1. The van der Waals surface area contributed by atoms with Crippen LogP contribution in [-0.4, -0.2) is 30.3 Å². The molecule has 0 aliphatic heterocycles. The number of nitrogens with zero attached hydrogens (tertiary/aromatic N) is 1. The summed E-state index contributed by atoms with van der Waals surface area (Å²) in [5.41, 5.74) is -0.258. The molecule has 1 aromatic carbocycles. The first-order valence-corrected chi connectivity index (χ1v) is 6.27. The lowest BCUT2D eigenvalue weighted by Gasteiger charge is -2.15. The van der Waals surface area contributed by atoms with Crippen molar-refractivity contribution in [2.75, 3.05) is 18.9 Å². The maximum atomic E-state index is 13.7. The highest BCUT2D eigenvalue weighted by Crippen LogP contribution is 2.27. The fourth-order valence-electron chi connectivity index (χ4n) is 1.33. The molecule has 0 fully saturated rings. The molecule has 0 spiro atoms. The molecule has 1 N–H and O–H groups in total. The molecule has 0 aromatic heterocycles. The monoisotopic (exact) mass is 316 g/mol. The molecule has 20 heavy (non-hydrogen) atoms. The van der Waals surface area contributed by atoms with E-state index in [0.29, 0.717) is 6.42 Å². The summed E-state index contributed by atoms with van der Waals surface area (Å²) in [6.45, 7) is 0.224. The van der Waals surface area contributed by atoms with E-state index < -0.39 is 17.6 Å². The smallest absolute Gasteiger partial charge is 0.313 e. The van der Waals surface area contributed by atoms with Crippen LogP contribution < -0.4 is 5.32 Å². The summed E-state index contributed by atoms with van der Waals surface area (Å²) >= 11 is 11.3.